The van der Waals surface area contributed by atoms with Crippen LogP contribution in [0.4, 0.5) is 0 Å². The molecular formula is C55H129O9Si6+. The van der Waals surface area contributed by atoms with E-state index in [4.69, 9.17) is 45.8 Å². The summed E-state index contributed by atoms with van der Waals surface area (Å²) in [6, 6.07) is 4.67. The lowest BCUT2D eigenvalue weighted by Gasteiger charge is -2.35. The van der Waals surface area contributed by atoms with Crippen LogP contribution in [0.15, 0.2) is 6.08 Å². The quantitative estimate of drug-likeness (QED) is 0.0337. The van der Waals surface area contributed by atoms with E-state index in [1.807, 2.05) is 13.7 Å². The van der Waals surface area contributed by atoms with Crippen LogP contribution in [-0.4, -0.2) is 102 Å². The Hall–Kier alpha value is 0.591. The Labute approximate surface area is 448 Å². The summed E-state index contributed by atoms with van der Waals surface area (Å²) in [6.07, 6.45) is 40.4. The molecule has 426 valence electrons. The lowest BCUT2D eigenvalue weighted by molar-refractivity contribution is 0.244. The van der Waals surface area contributed by atoms with Crippen LogP contribution in [0.2, 0.25) is 76.6 Å². The zero-order valence-corrected chi connectivity index (χ0v) is 57.4. The van der Waals surface area contributed by atoms with Crippen LogP contribution in [0.3, 0.4) is 0 Å². The Morgan fingerprint density at radius 3 is 0.886 bits per heavy atom. The SMILES string of the molecule is CCCCCCCC[Si](C)(C)O[Si](C)(CCCCCCCC)OC.CCCCCCCC[Si](C)(OC)OC.CCCCCCCC[Si](C)(OC)O[Si](C)(C)OC.CO[SiH](C)OC.[CH+]=CCCCCCC. The summed E-state index contributed by atoms with van der Waals surface area (Å²) < 4.78 is 50.4. The van der Waals surface area contributed by atoms with Crippen molar-refractivity contribution in [2.45, 2.75) is 297 Å². The van der Waals surface area contributed by atoms with Crippen LogP contribution in [-0.2, 0) is 39.2 Å². The van der Waals surface area contributed by atoms with Gasteiger partial charge in [-0.25, -0.2) is 0 Å². The summed E-state index contributed by atoms with van der Waals surface area (Å²) in [5.74, 6) is 0. The fraction of sp³-hybridized carbons (Fsp3) is 0.964. The van der Waals surface area contributed by atoms with E-state index in [1.54, 1.807) is 48.7 Å². The van der Waals surface area contributed by atoms with Gasteiger partial charge in [-0.15, -0.1) is 0 Å². The average Bonchev–Trinajstić information content (AvgIpc) is 3.35. The molecule has 0 saturated carbocycles. The molecule has 15 heteroatoms. The van der Waals surface area contributed by atoms with Crippen LogP contribution < -0.4 is 0 Å². The van der Waals surface area contributed by atoms with E-state index in [1.165, 1.54) is 192 Å². The van der Waals surface area contributed by atoms with Crippen molar-refractivity contribution in [1.82, 2.24) is 0 Å². The Morgan fingerprint density at radius 2 is 0.614 bits per heavy atom. The molecular weight excluding hydrogens is 973 g/mol. The first kappa shape index (κ1) is 79.5. The number of rotatable bonds is 44. The van der Waals surface area contributed by atoms with Gasteiger partial charge in [0.05, 0.1) is 0 Å². The largest absolute Gasteiger partial charge is 0.436 e. The normalized spacial score (nSPS) is 13.4. The fourth-order valence-corrected chi connectivity index (χ4v) is 23.7. The van der Waals surface area contributed by atoms with Crippen molar-refractivity contribution < 1.29 is 39.2 Å². The summed E-state index contributed by atoms with van der Waals surface area (Å²) >= 11 is 0. The van der Waals surface area contributed by atoms with Crippen molar-refractivity contribution in [3.05, 3.63) is 12.7 Å². The Morgan fingerprint density at radius 1 is 0.343 bits per heavy atom. The number of hydrogen-bond acceptors (Lipinski definition) is 9. The van der Waals surface area contributed by atoms with Crippen LogP contribution in [0.5, 0.6) is 0 Å². The van der Waals surface area contributed by atoms with Gasteiger partial charge in [-0.1, -0.05) is 208 Å². The van der Waals surface area contributed by atoms with Crippen molar-refractivity contribution in [3.63, 3.8) is 0 Å². The minimum Gasteiger partial charge on any atom is -0.436 e. The van der Waals surface area contributed by atoms with Gasteiger partial charge < -0.3 is 39.2 Å². The molecule has 0 spiro atoms. The molecule has 0 aliphatic heterocycles. The van der Waals surface area contributed by atoms with Gasteiger partial charge >= 0.3 is 43.5 Å². The second-order valence-corrected chi connectivity index (χ2v) is 41.9. The highest BCUT2D eigenvalue weighted by Gasteiger charge is 2.39. The van der Waals surface area contributed by atoms with Gasteiger partial charge in [0.1, 0.15) is 0 Å². The smallest absolute Gasteiger partial charge is 0.334 e. The predicted octanol–water partition coefficient (Wildman–Crippen LogP) is 18.9. The van der Waals surface area contributed by atoms with Gasteiger partial charge in [0.15, 0.2) is 14.4 Å². The van der Waals surface area contributed by atoms with E-state index in [9.17, 15) is 0 Å². The molecule has 2 atom stereocenters. The van der Waals surface area contributed by atoms with Crippen molar-refractivity contribution in [2.24, 2.45) is 0 Å². The topological polar surface area (TPSA) is 83.1 Å². The highest BCUT2D eigenvalue weighted by Crippen LogP contribution is 2.27. The molecule has 0 fully saturated rings. The Kier molecular flexibility index (Phi) is 63.4. The molecule has 0 amide bonds. The molecule has 0 saturated heterocycles. The molecule has 0 aromatic rings. The van der Waals surface area contributed by atoms with E-state index in [2.05, 4.69) is 80.4 Å². The second-order valence-electron chi connectivity index (χ2n) is 21.0. The average molecular weight is 1100 g/mol. The van der Waals surface area contributed by atoms with Crippen molar-refractivity contribution in [3.8, 4) is 0 Å². The molecule has 0 aromatic heterocycles. The summed E-state index contributed by atoms with van der Waals surface area (Å²) in [6.45, 7) is 34.0. The van der Waals surface area contributed by atoms with Gasteiger partial charge in [0.2, 0.25) is 6.58 Å². The molecule has 0 aliphatic rings. The zero-order chi connectivity index (χ0) is 54.5. The summed E-state index contributed by atoms with van der Waals surface area (Å²) in [4.78, 5) is 0. The summed E-state index contributed by atoms with van der Waals surface area (Å²) in [7, 11) is 1.83. The van der Waals surface area contributed by atoms with E-state index in [0.29, 0.717) is 0 Å². The summed E-state index contributed by atoms with van der Waals surface area (Å²) in [5.41, 5.74) is 0. The predicted molar refractivity (Wildman–Crippen MR) is 324 cm³/mol. The molecule has 0 N–H and O–H groups in total. The van der Waals surface area contributed by atoms with Crippen LogP contribution >= 0.6 is 0 Å². The van der Waals surface area contributed by atoms with Crippen molar-refractivity contribution >= 4 is 51.8 Å². The molecule has 0 aliphatic carbocycles. The Balaban J connectivity index is -0.000000271. The van der Waals surface area contributed by atoms with E-state index < -0.39 is 51.8 Å². The van der Waals surface area contributed by atoms with Gasteiger partial charge in [-0.2, -0.15) is 0 Å². The van der Waals surface area contributed by atoms with Gasteiger partial charge in [0, 0.05) is 56.2 Å². The molecule has 0 aromatic carbocycles. The van der Waals surface area contributed by atoms with Crippen molar-refractivity contribution in [1.29, 1.82) is 0 Å². The Bertz CT molecular complexity index is 1030. The molecule has 70 heavy (non-hydrogen) atoms. The lowest BCUT2D eigenvalue weighted by atomic mass is 10.1. The van der Waals surface area contributed by atoms with E-state index in [-0.39, 0.29) is 0 Å². The zero-order valence-electron chi connectivity index (χ0n) is 51.2. The third-order valence-corrected chi connectivity index (χ3v) is 31.9. The van der Waals surface area contributed by atoms with E-state index in [0.717, 1.165) is 18.5 Å². The molecule has 0 heterocycles. The number of hydrogen-bond donors (Lipinski definition) is 0. The van der Waals surface area contributed by atoms with Crippen LogP contribution in [0.25, 0.3) is 0 Å². The highest BCUT2D eigenvalue weighted by molar-refractivity contribution is 6.82. The first-order chi connectivity index (χ1) is 33.2. The maximum Gasteiger partial charge on any atom is 0.334 e. The van der Waals surface area contributed by atoms with Crippen LogP contribution in [0.1, 0.15) is 221 Å². The standard InChI is InChI=1S/C20H46O2Si2.C13H32O3Si2.C11H26O2Si.C8H15.C3H10O2Si/c1-7-9-11-13-15-17-19-23(4,5)22-24(6,21-3)20-18-16-14-12-10-8-2;1-7-8-9-10-11-12-13-18(6,15-3)16-17(4,5)14-2;1-5-6-7-8-9-10-11-14(4,12-2)13-3;1-3-5-7-8-6-4-2;1-4-6(3)5-2/h7-20H2,1-6H3;7-13H2,1-6H3;5-11H2,1-4H3;1,3H,4-8H2,2H3;6H,1-3H3/q;;;+1;. The van der Waals surface area contributed by atoms with Crippen LogP contribution in [0, 0.1) is 6.58 Å². The highest BCUT2D eigenvalue weighted by atomic mass is 28.5. The first-order valence-electron chi connectivity index (χ1n) is 28.9. The maximum atomic E-state index is 6.69. The minimum absolute atomic E-state index is 1.08. The maximum absolute atomic E-state index is 6.69. The molecule has 9 nitrogen and oxygen atoms in total. The molecule has 0 rings (SSSR count). The third kappa shape index (κ3) is 59.5. The molecule has 0 radical (unpaired) electrons. The van der Waals surface area contributed by atoms with Gasteiger partial charge in [-0.05, 0) is 83.0 Å². The van der Waals surface area contributed by atoms with Gasteiger partial charge in [0.25, 0.3) is 0 Å². The second kappa shape index (κ2) is 55.8. The third-order valence-electron chi connectivity index (χ3n) is 13.1. The number of unbranched alkanes of at least 4 members (excludes halogenated alkanes) is 24. The minimum atomic E-state index is -2.01. The first-order valence-corrected chi connectivity index (χ1v) is 44.5. The number of allylic oxidation sites excluding steroid dienone is 1. The van der Waals surface area contributed by atoms with E-state index >= 15 is 0 Å². The summed E-state index contributed by atoms with van der Waals surface area (Å²) in [5, 5.41) is 0. The molecule has 0 bridgehead atoms. The van der Waals surface area contributed by atoms with Crippen molar-refractivity contribution in [2.75, 3.05) is 49.8 Å². The molecule has 2 unspecified atom stereocenters. The monoisotopic (exact) mass is 1100 g/mol. The lowest BCUT2D eigenvalue weighted by Crippen LogP contribution is -2.49. The fourth-order valence-electron chi connectivity index (χ4n) is 7.67. The van der Waals surface area contributed by atoms with Gasteiger partial charge in [-0.3, -0.25) is 0 Å².